The highest BCUT2D eigenvalue weighted by Crippen LogP contribution is 2.08. The lowest BCUT2D eigenvalue weighted by atomic mass is 10.3. The number of hydrogen-bond donors (Lipinski definition) is 1. The van der Waals surface area contributed by atoms with Gasteiger partial charge in [0.25, 0.3) is 0 Å². The third-order valence-corrected chi connectivity index (χ3v) is 3.01. The van der Waals surface area contributed by atoms with Gasteiger partial charge in [-0.2, -0.15) is 0 Å². The zero-order chi connectivity index (χ0) is 15.2. The average molecular weight is 287 g/mol. The SMILES string of the molecule is CC(=O)N(C)CC(=O)NCc1nncn1-c1ccccc1. The molecule has 0 unspecified atom stereocenters. The number of hydrogen-bond acceptors (Lipinski definition) is 4. The molecule has 1 heterocycles. The molecule has 21 heavy (non-hydrogen) atoms. The Labute approximate surface area is 122 Å². The molecule has 0 aliphatic carbocycles. The van der Waals surface area contributed by atoms with Crippen molar-refractivity contribution in [2.24, 2.45) is 0 Å². The first-order valence-corrected chi connectivity index (χ1v) is 6.50. The van der Waals surface area contributed by atoms with E-state index in [0.717, 1.165) is 5.69 Å². The first-order valence-electron chi connectivity index (χ1n) is 6.50. The van der Waals surface area contributed by atoms with Gasteiger partial charge in [0.15, 0.2) is 5.82 Å². The van der Waals surface area contributed by atoms with Gasteiger partial charge in [0.2, 0.25) is 11.8 Å². The van der Waals surface area contributed by atoms with Crippen LogP contribution in [-0.2, 0) is 16.1 Å². The van der Waals surface area contributed by atoms with E-state index in [-0.39, 0.29) is 24.9 Å². The van der Waals surface area contributed by atoms with Crippen molar-refractivity contribution in [2.45, 2.75) is 13.5 Å². The number of benzene rings is 1. The van der Waals surface area contributed by atoms with Crippen molar-refractivity contribution < 1.29 is 9.59 Å². The summed E-state index contributed by atoms with van der Waals surface area (Å²) in [4.78, 5) is 24.2. The van der Waals surface area contributed by atoms with Gasteiger partial charge in [-0.25, -0.2) is 0 Å². The van der Waals surface area contributed by atoms with E-state index in [9.17, 15) is 9.59 Å². The van der Waals surface area contributed by atoms with Crippen molar-refractivity contribution in [1.82, 2.24) is 25.0 Å². The molecule has 0 saturated heterocycles. The lowest BCUT2D eigenvalue weighted by Crippen LogP contribution is -2.37. The number of aromatic nitrogens is 3. The molecular formula is C14H17N5O2. The van der Waals surface area contributed by atoms with Gasteiger partial charge in [-0.3, -0.25) is 14.2 Å². The summed E-state index contributed by atoms with van der Waals surface area (Å²) in [6.07, 6.45) is 1.60. The fourth-order valence-electron chi connectivity index (χ4n) is 1.74. The number of rotatable bonds is 5. The van der Waals surface area contributed by atoms with E-state index < -0.39 is 0 Å². The Balaban J connectivity index is 1.97. The summed E-state index contributed by atoms with van der Waals surface area (Å²) in [5.41, 5.74) is 0.924. The molecule has 0 saturated carbocycles. The first-order chi connectivity index (χ1) is 10.1. The summed E-state index contributed by atoms with van der Waals surface area (Å²) in [6, 6.07) is 9.61. The largest absolute Gasteiger partial charge is 0.347 e. The number of nitrogens with one attached hydrogen (secondary N) is 1. The maximum absolute atomic E-state index is 11.7. The first kappa shape index (κ1) is 14.7. The van der Waals surface area contributed by atoms with E-state index in [1.54, 1.807) is 17.9 Å². The van der Waals surface area contributed by atoms with Crippen molar-refractivity contribution >= 4 is 11.8 Å². The second kappa shape index (κ2) is 6.65. The Hall–Kier alpha value is -2.70. The van der Waals surface area contributed by atoms with Crippen molar-refractivity contribution in [1.29, 1.82) is 0 Å². The van der Waals surface area contributed by atoms with Crippen LogP contribution in [0.25, 0.3) is 5.69 Å². The molecule has 7 heteroatoms. The van der Waals surface area contributed by atoms with E-state index in [4.69, 9.17) is 0 Å². The van der Waals surface area contributed by atoms with Crippen molar-refractivity contribution in [2.75, 3.05) is 13.6 Å². The van der Waals surface area contributed by atoms with Crippen molar-refractivity contribution in [3.8, 4) is 5.69 Å². The summed E-state index contributed by atoms with van der Waals surface area (Å²) in [5, 5.41) is 10.6. The minimum atomic E-state index is -0.240. The molecule has 110 valence electrons. The topological polar surface area (TPSA) is 80.1 Å². The highest BCUT2D eigenvalue weighted by atomic mass is 16.2. The number of likely N-dealkylation sites (N-methyl/N-ethyl adjacent to an activating group) is 1. The summed E-state index contributed by atoms with van der Waals surface area (Å²) in [5.74, 6) is 0.230. The highest BCUT2D eigenvalue weighted by Gasteiger charge is 2.11. The summed E-state index contributed by atoms with van der Waals surface area (Å²) in [6.45, 7) is 1.69. The van der Waals surface area contributed by atoms with Gasteiger partial charge >= 0.3 is 0 Å². The van der Waals surface area contributed by atoms with Crippen LogP contribution < -0.4 is 5.32 Å². The monoisotopic (exact) mass is 287 g/mol. The second-order valence-electron chi connectivity index (χ2n) is 4.60. The van der Waals surface area contributed by atoms with Crippen LogP contribution in [0.15, 0.2) is 36.7 Å². The Kier molecular flexibility index (Phi) is 4.65. The van der Waals surface area contributed by atoms with Gasteiger partial charge < -0.3 is 10.2 Å². The number of carbonyl (C=O) groups is 2. The van der Waals surface area contributed by atoms with E-state index in [2.05, 4.69) is 15.5 Å². The van der Waals surface area contributed by atoms with E-state index >= 15 is 0 Å². The van der Waals surface area contributed by atoms with Crippen molar-refractivity contribution in [3.63, 3.8) is 0 Å². The van der Waals surface area contributed by atoms with Crippen LogP contribution in [0, 0.1) is 0 Å². The molecule has 1 N–H and O–H groups in total. The van der Waals surface area contributed by atoms with Crippen molar-refractivity contribution in [3.05, 3.63) is 42.5 Å². The molecule has 0 atom stereocenters. The predicted octanol–water partition coefficient (Wildman–Crippen LogP) is 0.362. The van der Waals surface area contributed by atoms with Crippen LogP contribution in [0.2, 0.25) is 0 Å². The Bertz CT molecular complexity index is 623. The van der Waals surface area contributed by atoms with Crippen LogP contribution in [0.4, 0.5) is 0 Å². The third kappa shape index (κ3) is 3.88. The van der Waals surface area contributed by atoms with Gasteiger partial charge in [-0.1, -0.05) is 18.2 Å². The number of amides is 2. The zero-order valence-corrected chi connectivity index (χ0v) is 12.0. The normalized spacial score (nSPS) is 10.2. The molecule has 0 fully saturated rings. The summed E-state index contributed by atoms with van der Waals surface area (Å²) < 4.78 is 1.80. The van der Waals surface area contributed by atoms with Gasteiger partial charge in [-0.15, -0.1) is 10.2 Å². The molecule has 1 aromatic carbocycles. The average Bonchev–Trinajstić information content (AvgIpc) is 2.94. The molecule has 2 rings (SSSR count). The predicted molar refractivity (Wildman–Crippen MR) is 76.5 cm³/mol. The maximum Gasteiger partial charge on any atom is 0.239 e. The molecule has 0 aliphatic heterocycles. The van der Waals surface area contributed by atoms with Gasteiger partial charge in [0, 0.05) is 19.7 Å². The molecule has 2 aromatic rings. The Morgan fingerprint density at radius 1 is 1.29 bits per heavy atom. The summed E-state index contributed by atoms with van der Waals surface area (Å²) in [7, 11) is 1.58. The quantitative estimate of drug-likeness (QED) is 0.861. The van der Waals surface area contributed by atoms with Gasteiger partial charge in [-0.05, 0) is 12.1 Å². The van der Waals surface area contributed by atoms with Crippen LogP contribution in [0.5, 0.6) is 0 Å². The van der Waals surface area contributed by atoms with Crippen LogP contribution in [-0.4, -0.2) is 45.1 Å². The minimum Gasteiger partial charge on any atom is -0.347 e. The summed E-state index contributed by atoms with van der Waals surface area (Å²) >= 11 is 0. The maximum atomic E-state index is 11.7. The minimum absolute atomic E-state index is 0.0226. The highest BCUT2D eigenvalue weighted by molar-refractivity contribution is 5.83. The number of nitrogens with zero attached hydrogens (tertiary/aromatic N) is 4. The Morgan fingerprint density at radius 3 is 2.67 bits per heavy atom. The standard InChI is InChI=1S/C14H17N5O2/c1-11(20)18(2)9-14(21)15-8-13-17-16-10-19(13)12-6-4-3-5-7-12/h3-7,10H,8-9H2,1-2H3,(H,15,21). The van der Waals surface area contributed by atoms with E-state index in [1.165, 1.54) is 11.8 Å². The lowest BCUT2D eigenvalue weighted by molar-refractivity contribution is -0.133. The fraction of sp³-hybridized carbons (Fsp3) is 0.286. The molecule has 0 bridgehead atoms. The lowest BCUT2D eigenvalue weighted by Gasteiger charge is -2.14. The third-order valence-electron chi connectivity index (χ3n) is 3.01. The molecule has 0 spiro atoms. The van der Waals surface area contributed by atoms with E-state index in [1.807, 2.05) is 30.3 Å². The molecule has 1 aromatic heterocycles. The fourth-order valence-corrected chi connectivity index (χ4v) is 1.74. The van der Waals surface area contributed by atoms with Crippen LogP contribution in [0.1, 0.15) is 12.7 Å². The molecule has 0 aliphatic rings. The molecule has 7 nitrogen and oxygen atoms in total. The van der Waals surface area contributed by atoms with Crippen LogP contribution in [0.3, 0.4) is 0 Å². The van der Waals surface area contributed by atoms with Crippen LogP contribution >= 0.6 is 0 Å². The second-order valence-corrected chi connectivity index (χ2v) is 4.60. The molecule has 2 amide bonds. The van der Waals surface area contributed by atoms with Gasteiger partial charge in [0.1, 0.15) is 6.33 Å². The smallest absolute Gasteiger partial charge is 0.239 e. The number of carbonyl (C=O) groups excluding carboxylic acids is 2. The molecular weight excluding hydrogens is 270 g/mol. The van der Waals surface area contributed by atoms with Gasteiger partial charge in [0.05, 0.1) is 13.1 Å². The van der Waals surface area contributed by atoms with E-state index in [0.29, 0.717) is 5.82 Å². The number of para-hydroxylation sites is 1. The zero-order valence-electron chi connectivity index (χ0n) is 12.0. The Morgan fingerprint density at radius 2 is 2.00 bits per heavy atom. The molecule has 0 radical (unpaired) electrons.